The van der Waals surface area contributed by atoms with E-state index < -0.39 is 6.29 Å². The zero-order valence-corrected chi connectivity index (χ0v) is 20.6. The summed E-state index contributed by atoms with van der Waals surface area (Å²) in [7, 11) is 0. The highest BCUT2D eigenvalue weighted by Gasteiger charge is 2.35. The summed E-state index contributed by atoms with van der Waals surface area (Å²) in [6.45, 7) is 2.50. The van der Waals surface area contributed by atoms with Gasteiger partial charge in [-0.1, -0.05) is 66.7 Å². The fourth-order valence-corrected chi connectivity index (χ4v) is 5.35. The van der Waals surface area contributed by atoms with Crippen molar-refractivity contribution in [1.82, 2.24) is 4.90 Å². The minimum absolute atomic E-state index is 0.0145. The molecule has 0 saturated carbocycles. The monoisotopic (exact) mass is 488 g/mol. The van der Waals surface area contributed by atoms with Crippen LogP contribution in [0.5, 0.6) is 0 Å². The third-order valence-electron chi connectivity index (χ3n) is 7.44. The Balaban J connectivity index is 1.37. The molecule has 0 bridgehead atoms. The second kappa shape index (κ2) is 11.6. The number of benzene rings is 3. The molecule has 0 radical (unpaired) electrons. The highest BCUT2D eigenvalue weighted by Crippen LogP contribution is 2.39. The standard InChI is InChI=1S/C30H36N2O4/c31-17-22-3-1-4-26(15-22)23-10-12-25(13-11-23)30-35-28(18-32-14-2-5-27(32)20-34)16-29(36-30)24-8-6-21(19-33)7-9-24/h1,3-4,6-13,15,27-30,33-34H,2,5,14,16-20,31H2/t27-,28+,29-,30-/m1/s1. The lowest BCUT2D eigenvalue weighted by Crippen LogP contribution is -2.42. The van der Waals surface area contributed by atoms with Gasteiger partial charge in [0.2, 0.25) is 0 Å². The second-order valence-electron chi connectivity index (χ2n) is 9.85. The van der Waals surface area contributed by atoms with Gasteiger partial charge in [0, 0.05) is 31.1 Å². The first-order chi connectivity index (χ1) is 17.7. The highest BCUT2D eigenvalue weighted by atomic mass is 16.7. The van der Waals surface area contributed by atoms with Crippen molar-refractivity contribution in [2.75, 3.05) is 19.7 Å². The average molecular weight is 489 g/mol. The zero-order chi connectivity index (χ0) is 24.9. The largest absolute Gasteiger partial charge is 0.395 e. The Morgan fingerprint density at radius 3 is 2.36 bits per heavy atom. The van der Waals surface area contributed by atoms with Crippen molar-refractivity contribution in [2.45, 2.75) is 57.0 Å². The van der Waals surface area contributed by atoms with Gasteiger partial charge in [0.05, 0.1) is 25.4 Å². The molecule has 0 spiro atoms. The Labute approximate surface area is 213 Å². The van der Waals surface area contributed by atoms with Gasteiger partial charge >= 0.3 is 0 Å². The number of aliphatic hydroxyl groups is 2. The van der Waals surface area contributed by atoms with Gasteiger partial charge in [0.1, 0.15) is 0 Å². The number of hydrogen-bond donors (Lipinski definition) is 3. The Hall–Kier alpha value is -2.58. The molecule has 190 valence electrons. The highest BCUT2D eigenvalue weighted by molar-refractivity contribution is 5.64. The maximum absolute atomic E-state index is 9.79. The lowest BCUT2D eigenvalue weighted by Gasteiger charge is -2.38. The summed E-state index contributed by atoms with van der Waals surface area (Å²) in [6.07, 6.45) is 2.27. The quantitative estimate of drug-likeness (QED) is 0.438. The molecule has 2 heterocycles. The molecule has 0 amide bonds. The Morgan fingerprint density at radius 1 is 0.861 bits per heavy atom. The Kier molecular flexibility index (Phi) is 8.12. The number of nitrogens with zero attached hydrogens (tertiary/aromatic N) is 1. The average Bonchev–Trinajstić information content (AvgIpc) is 3.40. The Morgan fingerprint density at radius 2 is 1.64 bits per heavy atom. The SMILES string of the molecule is NCc1cccc(-c2ccc([C@@H]3O[C@H](CN4CCC[C@@H]4CO)C[C@H](c4ccc(CO)cc4)O3)cc2)c1. The van der Waals surface area contributed by atoms with Gasteiger partial charge in [0.25, 0.3) is 0 Å². The van der Waals surface area contributed by atoms with Crippen molar-refractivity contribution in [3.8, 4) is 11.1 Å². The van der Waals surface area contributed by atoms with Crippen LogP contribution in [0.3, 0.4) is 0 Å². The molecule has 4 N–H and O–H groups in total. The van der Waals surface area contributed by atoms with Gasteiger partial charge in [-0.25, -0.2) is 0 Å². The van der Waals surface area contributed by atoms with Gasteiger partial charge in [-0.15, -0.1) is 0 Å². The summed E-state index contributed by atoms with van der Waals surface area (Å²) >= 11 is 0. The van der Waals surface area contributed by atoms with Gasteiger partial charge in [0.15, 0.2) is 6.29 Å². The fourth-order valence-electron chi connectivity index (χ4n) is 5.35. The smallest absolute Gasteiger partial charge is 0.184 e. The molecule has 6 heteroatoms. The number of likely N-dealkylation sites (tertiary alicyclic amines) is 1. The van der Waals surface area contributed by atoms with Crippen LogP contribution in [0.4, 0.5) is 0 Å². The van der Waals surface area contributed by atoms with E-state index in [1.54, 1.807) is 0 Å². The first kappa shape index (κ1) is 25.1. The van der Waals surface area contributed by atoms with E-state index in [1.807, 2.05) is 36.4 Å². The van der Waals surface area contributed by atoms with Crippen LogP contribution in [0, 0.1) is 0 Å². The molecule has 36 heavy (non-hydrogen) atoms. The zero-order valence-electron chi connectivity index (χ0n) is 20.6. The summed E-state index contributed by atoms with van der Waals surface area (Å²) in [5.74, 6) is 0. The lowest BCUT2D eigenvalue weighted by atomic mass is 9.99. The van der Waals surface area contributed by atoms with Crippen LogP contribution in [0.2, 0.25) is 0 Å². The summed E-state index contributed by atoms with van der Waals surface area (Å²) in [6, 6.07) is 24.8. The first-order valence-electron chi connectivity index (χ1n) is 12.9. The fraction of sp³-hybridized carbons (Fsp3) is 0.400. The molecule has 3 aromatic rings. The van der Waals surface area contributed by atoms with Gasteiger partial charge in [-0.2, -0.15) is 0 Å². The third kappa shape index (κ3) is 5.70. The van der Waals surface area contributed by atoms with E-state index in [-0.39, 0.29) is 31.5 Å². The molecule has 5 rings (SSSR count). The Bertz CT molecular complexity index is 1120. The van der Waals surface area contributed by atoms with Crippen LogP contribution < -0.4 is 5.73 Å². The molecule has 0 aliphatic carbocycles. The minimum atomic E-state index is -0.481. The molecule has 2 fully saturated rings. The van der Waals surface area contributed by atoms with Crippen LogP contribution in [0.25, 0.3) is 11.1 Å². The van der Waals surface area contributed by atoms with Crippen LogP contribution in [0.1, 0.15) is 53.9 Å². The van der Waals surface area contributed by atoms with E-state index in [1.165, 1.54) is 0 Å². The van der Waals surface area contributed by atoms with Crippen molar-refractivity contribution in [1.29, 1.82) is 0 Å². The normalized spacial score (nSPS) is 24.8. The van der Waals surface area contributed by atoms with Crippen molar-refractivity contribution in [3.05, 3.63) is 95.1 Å². The van der Waals surface area contributed by atoms with E-state index in [0.717, 1.165) is 65.7 Å². The second-order valence-corrected chi connectivity index (χ2v) is 9.85. The van der Waals surface area contributed by atoms with Crippen LogP contribution in [0.15, 0.2) is 72.8 Å². The number of nitrogens with two attached hydrogens (primary N) is 1. The summed E-state index contributed by atoms with van der Waals surface area (Å²) in [4.78, 5) is 2.35. The molecular weight excluding hydrogens is 452 g/mol. The van der Waals surface area contributed by atoms with Crippen molar-refractivity contribution < 1.29 is 19.7 Å². The predicted molar refractivity (Wildman–Crippen MR) is 140 cm³/mol. The number of hydrogen-bond acceptors (Lipinski definition) is 6. The van der Waals surface area contributed by atoms with Gasteiger partial charge < -0.3 is 25.4 Å². The van der Waals surface area contributed by atoms with Crippen LogP contribution >= 0.6 is 0 Å². The third-order valence-corrected chi connectivity index (χ3v) is 7.44. The van der Waals surface area contributed by atoms with E-state index in [0.29, 0.717) is 6.54 Å². The summed E-state index contributed by atoms with van der Waals surface area (Å²) < 4.78 is 13.0. The summed E-state index contributed by atoms with van der Waals surface area (Å²) in [5, 5.41) is 19.2. The minimum Gasteiger partial charge on any atom is -0.395 e. The van der Waals surface area contributed by atoms with Crippen LogP contribution in [-0.2, 0) is 22.6 Å². The van der Waals surface area contributed by atoms with Gasteiger partial charge in [-0.05, 0) is 53.3 Å². The predicted octanol–water partition coefficient (Wildman–Crippen LogP) is 4.31. The molecule has 3 aromatic carbocycles. The molecule has 2 saturated heterocycles. The van der Waals surface area contributed by atoms with Crippen LogP contribution in [-0.4, -0.2) is 47.0 Å². The van der Waals surface area contributed by atoms with Crippen molar-refractivity contribution in [3.63, 3.8) is 0 Å². The molecule has 0 unspecified atom stereocenters. The first-order valence-corrected chi connectivity index (χ1v) is 12.9. The van der Waals surface area contributed by atoms with E-state index in [9.17, 15) is 10.2 Å². The van der Waals surface area contributed by atoms with E-state index in [4.69, 9.17) is 15.2 Å². The number of ether oxygens (including phenoxy) is 2. The molecule has 0 aromatic heterocycles. The topological polar surface area (TPSA) is 88.2 Å². The molecule has 2 aliphatic heterocycles. The molecular formula is C30H36N2O4. The maximum Gasteiger partial charge on any atom is 0.184 e. The molecule has 6 nitrogen and oxygen atoms in total. The molecule has 2 aliphatic rings. The van der Waals surface area contributed by atoms with E-state index >= 15 is 0 Å². The van der Waals surface area contributed by atoms with Crippen molar-refractivity contribution >= 4 is 0 Å². The number of aliphatic hydroxyl groups excluding tert-OH is 2. The molecule has 4 atom stereocenters. The lowest BCUT2D eigenvalue weighted by molar-refractivity contribution is -0.253. The van der Waals surface area contributed by atoms with E-state index in [2.05, 4.69) is 41.3 Å². The maximum atomic E-state index is 9.79. The van der Waals surface area contributed by atoms with Crippen molar-refractivity contribution in [2.24, 2.45) is 5.73 Å². The number of rotatable bonds is 8. The van der Waals surface area contributed by atoms with Gasteiger partial charge in [-0.3, -0.25) is 4.90 Å². The summed E-state index contributed by atoms with van der Waals surface area (Å²) in [5.41, 5.74) is 12.1.